The maximum Gasteiger partial charge on any atom is 0.365 e. The van der Waals surface area contributed by atoms with Crippen LogP contribution in [0.1, 0.15) is 22.8 Å². The smallest absolute Gasteiger partial charge is 0.313 e. The van der Waals surface area contributed by atoms with Crippen LogP contribution in [-0.2, 0) is 4.84 Å². The molecule has 0 bridgehead atoms. The number of rotatable bonds is 4. The number of hydrogen-bond donors (Lipinski definition) is 0. The summed E-state index contributed by atoms with van der Waals surface area (Å²) < 4.78 is 26.0. The minimum absolute atomic E-state index is 0.0671. The van der Waals surface area contributed by atoms with E-state index in [2.05, 4.69) is 9.99 Å². The van der Waals surface area contributed by atoms with Gasteiger partial charge in [0.15, 0.2) is 11.6 Å². The maximum atomic E-state index is 13.1. The van der Waals surface area contributed by atoms with E-state index in [1.165, 1.54) is 25.1 Å². The Morgan fingerprint density at radius 3 is 2.26 bits per heavy atom. The summed E-state index contributed by atoms with van der Waals surface area (Å²) in [5.74, 6) is -2.87. The third-order valence-corrected chi connectivity index (χ3v) is 2.92. The Kier molecular flexibility index (Phi) is 4.75. The molecule has 0 radical (unpaired) electrons. The molecule has 0 spiro atoms. The predicted octanol–water partition coefficient (Wildman–Crippen LogP) is 3.45. The molecule has 118 valence electrons. The van der Waals surface area contributed by atoms with Crippen molar-refractivity contribution in [2.75, 3.05) is 0 Å². The predicted molar refractivity (Wildman–Crippen MR) is 77.1 cm³/mol. The largest absolute Gasteiger partial charge is 0.365 e. The van der Waals surface area contributed by atoms with E-state index in [9.17, 15) is 23.7 Å². The van der Waals surface area contributed by atoms with Gasteiger partial charge >= 0.3 is 5.97 Å². The maximum absolute atomic E-state index is 13.1. The lowest BCUT2D eigenvalue weighted by atomic mass is 10.1. The molecule has 0 saturated heterocycles. The van der Waals surface area contributed by atoms with Gasteiger partial charge in [-0.2, -0.15) is 0 Å². The van der Waals surface area contributed by atoms with Crippen LogP contribution in [0, 0.1) is 21.7 Å². The fraction of sp³-hybridized carbons (Fsp3) is 0.0667. The Bertz CT molecular complexity index is 789. The first kappa shape index (κ1) is 16.2. The van der Waals surface area contributed by atoms with Crippen molar-refractivity contribution in [1.29, 1.82) is 0 Å². The van der Waals surface area contributed by atoms with E-state index in [0.717, 1.165) is 24.3 Å². The van der Waals surface area contributed by atoms with Crippen LogP contribution in [-0.4, -0.2) is 16.6 Å². The van der Waals surface area contributed by atoms with Crippen molar-refractivity contribution in [3.05, 3.63) is 75.3 Å². The molecular formula is C15H10F2N2O4. The van der Waals surface area contributed by atoms with Crippen LogP contribution in [0.2, 0.25) is 0 Å². The van der Waals surface area contributed by atoms with Gasteiger partial charge in [0.1, 0.15) is 0 Å². The monoisotopic (exact) mass is 320 g/mol. The first-order valence-corrected chi connectivity index (χ1v) is 6.34. The SMILES string of the molecule is CC(=NOC(=O)c1ccc([N+](=O)[O-])cc1)c1ccc(F)c(F)c1. The fourth-order valence-corrected chi connectivity index (χ4v) is 1.66. The van der Waals surface area contributed by atoms with Gasteiger partial charge < -0.3 is 4.84 Å². The van der Waals surface area contributed by atoms with Gasteiger partial charge in [0.05, 0.1) is 16.2 Å². The zero-order valence-electron chi connectivity index (χ0n) is 11.8. The first-order valence-electron chi connectivity index (χ1n) is 6.34. The van der Waals surface area contributed by atoms with Crippen LogP contribution in [0.3, 0.4) is 0 Å². The van der Waals surface area contributed by atoms with Crippen LogP contribution in [0.15, 0.2) is 47.6 Å². The average molecular weight is 320 g/mol. The van der Waals surface area contributed by atoms with Crippen molar-refractivity contribution >= 4 is 17.4 Å². The van der Waals surface area contributed by atoms with Crippen LogP contribution < -0.4 is 0 Å². The number of hydrogen-bond acceptors (Lipinski definition) is 5. The van der Waals surface area contributed by atoms with Gasteiger partial charge in [-0.15, -0.1) is 0 Å². The van der Waals surface area contributed by atoms with Crippen molar-refractivity contribution in [3.8, 4) is 0 Å². The van der Waals surface area contributed by atoms with Crippen molar-refractivity contribution < 1.29 is 23.3 Å². The third kappa shape index (κ3) is 3.94. The highest BCUT2D eigenvalue weighted by atomic mass is 19.2. The average Bonchev–Trinajstić information content (AvgIpc) is 2.54. The lowest BCUT2D eigenvalue weighted by Gasteiger charge is -2.02. The van der Waals surface area contributed by atoms with Gasteiger partial charge in [-0.05, 0) is 37.3 Å². The second-order valence-corrected chi connectivity index (χ2v) is 4.49. The number of nitro groups is 1. The quantitative estimate of drug-likeness (QED) is 0.374. The van der Waals surface area contributed by atoms with E-state index in [1.54, 1.807) is 0 Å². The van der Waals surface area contributed by atoms with Crippen molar-refractivity contribution in [1.82, 2.24) is 0 Å². The van der Waals surface area contributed by atoms with E-state index in [1.807, 2.05) is 0 Å². The van der Waals surface area contributed by atoms with Crippen molar-refractivity contribution in [3.63, 3.8) is 0 Å². The van der Waals surface area contributed by atoms with E-state index in [4.69, 9.17) is 0 Å². The number of carbonyl (C=O) groups is 1. The first-order chi connectivity index (χ1) is 10.9. The van der Waals surface area contributed by atoms with Crippen LogP contribution in [0.4, 0.5) is 14.5 Å². The number of oxime groups is 1. The molecule has 0 amide bonds. The van der Waals surface area contributed by atoms with Crippen LogP contribution in [0.25, 0.3) is 0 Å². The molecule has 8 heteroatoms. The minimum atomic E-state index is -1.04. The second-order valence-electron chi connectivity index (χ2n) is 4.49. The number of non-ortho nitro benzene ring substituents is 1. The summed E-state index contributed by atoms with van der Waals surface area (Å²) in [6.07, 6.45) is 0. The normalized spacial score (nSPS) is 11.2. The highest BCUT2D eigenvalue weighted by Gasteiger charge is 2.11. The molecular weight excluding hydrogens is 310 g/mol. The number of carbonyl (C=O) groups excluding carboxylic acids is 1. The molecule has 0 N–H and O–H groups in total. The molecule has 2 aromatic rings. The lowest BCUT2D eigenvalue weighted by molar-refractivity contribution is -0.384. The van der Waals surface area contributed by atoms with Gasteiger partial charge in [0.2, 0.25) is 0 Å². The summed E-state index contributed by atoms with van der Waals surface area (Å²) >= 11 is 0. The molecule has 0 fully saturated rings. The highest BCUT2D eigenvalue weighted by molar-refractivity contribution is 5.99. The molecule has 0 heterocycles. The molecule has 0 aliphatic rings. The molecule has 2 aromatic carbocycles. The summed E-state index contributed by atoms with van der Waals surface area (Å²) in [5.41, 5.74) is 0.319. The Balaban J connectivity index is 2.10. The van der Waals surface area contributed by atoms with Crippen molar-refractivity contribution in [2.45, 2.75) is 6.92 Å². The van der Waals surface area contributed by atoms with Gasteiger partial charge in [-0.25, -0.2) is 13.6 Å². The van der Waals surface area contributed by atoms with E-state index < -0.39 is 22.5 Å². The number of halogens is 2. The zero-order chi connectivity index (χ0) is 17.0. The Morgan fingerprint density at radius 2 is 1.70 bits per heavy atom. The number of nitrogens with zero attached hydrogens (tertiary/aromatic N) is 2. The molecule has 0 aromatic heterocycles. The topological polar surface area (TPSA) is 81.8 Å². The Labute approximate surface area is 129 Å². The van der Waals surface area contributed by atoms with E-state index in [0.29, 0.717) is 0 Å². The molecule has 0 aliphatic heterocycles. The minimum Gasteiger partial charge on any atom is -0.313 e. The molecule has 0 atom stereocenters. The highest BCUT2D eigenvalue weighted by Crippen LogP contribution is 2.13. The summed E-state index contributed by atoms with van der Waals surface area (Å²) in [5, 5.41) is 14.1. The molecule has 23 heavy (non-hydrogen) atoms. The third-order valence-electron chi connectivity index (χ3n) is 2.92. The Hall–Kier alpha value is -3.16. The molecule has 2 rings (SSSR count). The number of benzene rings is 2. The van der Waals surface area contributed by atoms with Gasteiger partial charge in [-0.1, -0.05) is 5.16 Å². The summed E-state index contributed by atoms with van der Waals surface area (Å²) in [6, 6.07) is 7.91. The zero-order valence-corrected chi connectivity index (χ0v) is 11.8. The van der Waals surface area contributed by atoms with E-state index >= 15 is 0 Å². The summed E-state index contributed by atoms with van der Waals surface area (Å²) in [7, 11) is 0. The van der Waals surface area contributed by atoms with Gasteiger partial charge in [0.25, 0.3) is 5.69 Å². The van der Waals surface area contributed by atoms with Crippen LogP contribution in [0.5, 0.6) is 0 Å². The summed E-state index contributed by atoms with van der Waals surface area (Å²) in [6.45, 7) is 1.45. The lowest BCUT2D eigenvalue weighted by Crippen LogP contribution is -2.04. The van der Waals surface area contributed by atoms with E-state index in [-0.39, 0.29) is 22.5 Å². The van der Waals surface area contributed by atoms with Gasteiger partial charge in [0, 0.05) is 17.7 Å². The van der Waals surface area contributed by atoms with Crippen molar-refractivity contribution in [2.24, 2.45) is 5.16 Å². The number of nitro benzene ring substituents is 1. The second kappa shape index (κ2) is 6.73. The summed E-state index contributed by atoms with van der Waals surface area (Å²) in [4.78, 5) is 26.3. The molecule has 0 aliphatic carbocycles. The van der Waals surface area contributed by atoms with Crippen LogP contribution >= 0.6 is 0 Å². The molecule has 0 unspecified atom stereocenters. The fourth-order valence-electron chi connectivity index (χ4n) is 1.66. The Morgan fingerprint density at radius 1 is 1.09 bits per heavy atom. The van der Waals surface area contributed by atoms with Gasteiger partial charge in [-0.3, -0.25) is 10.1 Å². The molecule has 6 nitrogen and oxygen atoms in total. The molecule has 0 saturated carbocycles. The standard InChI is InChI=1S/C15H10F2N2O4/c1-9(11-4-7-13(16)14(17)8-11)18-23-15(20)10-2-5-12(6-3-10)19(21)22/h2-8H,1H3.